The van der Waals surface area contributed by atoms with Crippen molar-refractivity contribution < 1.29 is 61.4 Å². The fourth-order valence-electron chi connectivity index (χ4n) is 7.53. The molecule has 0 bridgehead atoms. The van der Waals surface area contributed by atoms with Crippen LogP contribution in [0.4, 0.5) is 0 Å². The third-order valence-corrected chi connectivity index (χ3v) is 11.7. The summed E-state index contributed by atoms with van der Waals surface area (Å²) in [6.07, 6.45) is 22.1. The van der Waals surface area contributed by atoms with Crippen LogP contribution in [0, 0.1) is 0 Å². The highest BCUT2D eigenvalue weighted by atomic mass is 32.3. The second-order valence-electron chi connectivity index (χ2n) is 16.7. The summed E-state index contributed by atoms with van der Waals surface area (Å²) in [5.74, 6) is -0.332. The fourth-order valence-corrected chi connectivity index (χ4v) is 8.03. The van der Waals surface area contributed by atoms with Crippen LogP contribution in [0.15, 0.2) is 24.3 Å². The number of amides is 1. The highest BCUT2D eigenvalue weighted by molar-refractivity contribution is 7.80. The lowest BCUT2D eigenvalue weighted by atomic mass is 9.99. The fraction of sp³-hybridized carbons (Fsp3) is 0.896. The van der Waals surface area contributed by atoms with Crippen LogP contribution in [0.3, 0.4) is 0 Å². The normalized spacial score (nSPS) is 22.8. The molecule has 1 amide bonds. The van der Waals surface area contributed by atoms with E-state index in [2.05, 4.69) is 28.6 Å². The molecule has 9 N–H and O–H groups in total. The second-order valence-corrected chi connectivity index (χ2v) is 17.7. The highest BCUT2D eigenvalue weighted by Gasteiger charge is 2.47. The summed E-state index contributed by atoms with van der Waals surface area (Å²) in [6.45, 7) is -2.05. The van der Waals surface area contributed by atoms with Crippen LogP contribution < -0.4 is 11.5 Å². The Hall–Kier alpha value is -1.46. The number of rotatable bonds is 42. The minimum Gasteiger partial charge on any atom is -0.726 e. The van der Waals surface area contributed by atoms with Gasteiger partial charge in [-0.2, -0.15) is 0 Å². The summed E-state index contributed by atoms with van der Waals surface area (Å²) in [7, 11) is -5.38. The van der Waals surface area contributed by atoms with Crippen molar-refractivity contribution in [2.45, 2.75) is 262 Å². The number of quaternary nitrogens is 1. The summed E-state index contributed by atoms with van der Waals surface area (Å²) < 4.78 is 103. The van der Waals surface area contributed by atoms with Crippen LogP contribution in [-0.4, -0.2) is 95.4 Å². The van der Waals surface area contributed by atoms with E-state index in [1.165, 1.54) is 96.0 Å². The summed E-state index contributed by atoms with van der Waals surface area (Å²) in [4.78, 5) is 13.1. The lowest BCUT2D eigenvalue weighted by molar-refractivity contribution is -0.298. The van der Waals surface area contributed by atoms with Crippen LogP contribution >= 0.6 is 0 Å². The first-order valence-electron chi connectivity index (χ1n) is 27.4. The van der Waals surface area contributed by atoms with Crippen molar-refractivity contribution >= 4 is 16.3 Å². The van der Waals surface area contributed by atoms with E-state index in [4.69, 9.17) is 19.1 Å². The maximum Gasteiger partial charge on any atom is 0.220 e. The van der Waals surface area contributed by atoms with Crippen LogP contribution in [0.2, 0.25) is 0 Å². The van der Waals surface area contributed by atoms with Gasteiger partial charge in [-0.25, -0.2) is 8.42 Å². The van der Waals surface area contributed by atoms with Gasteiger partial charge in [0, 0.05) is 16.0 Å². The Bertz CT molecular complexity index is 1460. The van der Waals surface area contributed by atoms with Crippen molar-refractivity contribution in [1.29, 1.82) is 0 Å². The second kappa shape index (κ2) is 41.0. The van der Waals surface area contributed by atoms with Crippen LogP contribution in [-0.2, 0) is 28.9 Å². The summed E-state index contributed by atoms with van der Waals surface area (Å²) in [5.41, 5.74) is 0. The number of hydrogen-bond acceptors (Lipinski definition) is 11. The van der Waals surface area contributed by atoms with Crippen molar-refractivity contribution in [3.05, 3.63) is 24.3 Å². The zero-order valence-corrected chi connectivity index (χ0v) is 39.3. The average molecular weight is 914 g/mol. The monoisotopic (exact) mass is 914 g/mol. The van der Waals surface area contributed by atoms with Gasteiger partial charge in [0.15, 0.2) is 6.29 Å². The summed E-state index contributed by atoms with van der Waals surface area (Å²) >= 11 is 0. The number of hydrogen-bond donors (Lipinski definition) is 6. The van der Waals surface area contributed by atoms with Gasteiger partial charge in [-0.05, 0) is 44.9 Å². The maximum absolute atomic E-state index is 13.1. The van der Waals surface area contributed by atoms with Crippen molar-refractivity contribution in [3.8, 4) is 0 Å². The molecule has 0 aromatic heterocycles. The number of aliphatic hydroxyl groups excluding tert-OH is 4. The topological polar surface area (TPSA) is 231 Å². The zero-order chi connectivity index (χ0) is 50.9. The molecule has 1 saturated heterocycles. The first kappa shape index (κ1) is 48.5. The van der Waals surface area contributed by atoms with Crippen molar-refractivity contribution in [2.24, 2.45) is 0 Å². The minimum atomic E-state index is -5.38. The summed E-state index contributed by atoms with van der Waals surface area (Å²) in [6, 6.07) is -1.04. The molecule has 0 aliphatic carbocycles. The third-order valence-electron chi connectivity index (χ3n) is 11.3. The Kier molecular flexibility index (Phi) is 32.1. The predicted octanol–water partition coefficient (Wildman–Crippen LogP) is 10.1. The largest absolute Gasteiger partial charge is 0.726 e. The third kappa shape index (κ3) is 33.1. The molecule has 1 heterocycles. The van der Waals surface area contributed by atoms with Crippen molar-refractivity contribution in [1.82, 2.24) is 11.5 Å². The van der Waals surface area contributed by atoms with E-state index >= 15 is 0 Å². The van der Waals surface area contributed by atoms with Crippen LogP contribution in [0.25, 0.3) is 0 Å². The van der Waals surface area contributed by atoms with Gasteiger partial charge in [0.25, 0.3) is 0 Å². The van der Waals surface area contributed by atoms with Gasteiger partial charge in [0.05, 0.1) is 25.4 Å². The molecule has 0 radical (unpaired) electrons. The number of carbonyl (C=O) groups is 1. The summed E-state index contributed by atoms with van der Waals surface area (Å²) in [5, 5.41) is 44.7. The molecule has 0 aromatic carbocycles. The predicted molar refractivity (Wildman–Crippen MR) is 250 cm³/mol. The molecule has 1 aliphatic rings. The molecule has 0 aromatic rings. The molecule has 0 unspecified atom stereocenters. The molecule has 0 spiro atoms. The van der Waals surface area contributed by atoms with Gasteiger partial charge in [0.1, 0.15) is 24.4 Å². The lowest BCUT2D eigenvalue weighted by Crippen LogP contribution is -2.61. The standard InChI is InChI=1S/C48H91NO11S.H3N/c1-3-5-7-9-11-13-15-17-18-19-20-21-22-23-24-26-28-30-32-34-36-38-44(52)49-41(42(51)37-35-33-31-29-27-25-16-14-12-10-8-6-4-2)40-58-48-46(54)47(60-61(55,56)57)45(53)43(39-50)59-48;/h17-18,35,37,41-43,45-48,50-51,53-54H,3-16,19-34,36,38-40H2,1-2H3,(H,49,52)(H,55,56,57);1H3/b18-17-,37-35+;/t41-,42+,43+,45-,46+,47-,48+;/m0./s1/i2D3,4D2,6D2;. The number of nitrogens with one attached hydrogen (secondary N) is 1. The smallest absolute Gasteiger partial charge is 0.220 e. The number of ether oxygens (including phenoxy) is 2. The Morgan fingerprint density at radius 2 is 1.23 bits per heavy atom. The van der Waals surface area contributed by atoms with E-state index in [9.17, 15) is 38.2 Å². The van der Waals surface area contributed by atoms with E-state index in [0.29, 0.717) is 25.7 Å². The van der Waals surface area contributed by atoms with Gasteiger partial charge >= 0.3 is 0 Å². The van der Waals surface area contributed by atoms with Gasteiger partial charge < -0.3 is 45.9 Å². The van der Waals surface area contributed by atoms with Crippen molar-refractivity contribution in [2.75, 3.05) is 13.2 Å². The molecule has 368 valence electrons. The lowest BCUT2D eigenvalue weighted by Gasteiger charge is -2.42. The maximum atomic E-state index is 13.1. The molecule has 7 atom stereocenters. The molecule has 1 rings (SSSR count). The first-order chi connectivity index (χ1) is 32.2. The quantitative estimate of drug-likeness (QED) is 0.0146. The number of carbonyl (C=O) groups excluding carboxylic acids is 1. The Labute approximate surface area is 388 Å². The van der Waals surface area contributed by atoms with E-state index in [1.807, 2.05) is 0 Å². The Balaban J connectivity index is 0.0000462. The van der Waals surface area contributed by atoms with Gasteiger partial charge in [-0.15, -0.1) is 0 Å². The van der Waals surface area contributed by atoms with Gasteiger partial charge in [0.2, 0.25) is 16.3 Å². The van der Waals surface area contributed by atoms with Crippen LogP contribution in [0.5, 0.6) is 0 Å². The van der Waals surface area contributed by atoms with E-state index in [-0.39, 0.29) is 24.9 Å². The van der Waals surface area contributed by atoms with Crippen LogP contribution in [0.1, 0.15) is 229 Å². The van der Waals surface area contributed by atoms with E-state index in [0.717, 1.165) is 64.2 Å². The molecular formula is C48H94N2O11S. The van der Waals surface area contributed by atoms with Gasteiger partial charge in [-0.1, -0.05) is 192 Å². The number of allylic oxidation sites excluding steroid dienone is 3. The first-order valence-corrected chi connectivity index (χ1v) is 25.2. The SMILES string of the molecule is [2H]C([2H])([2H])C([2H])([2H])C([2H])([2H])CCCCCCCCCC/C=C/[C@@H](O)[C@H](CO[C@@H]1O[C@H](CO)[C@H](O)[C@H](OS(=O)(=O)[O-])[C@H]1O)NC(=O)CCCCCCCCCCCCC/C=C\CCCCCCCC.[NH4+]. The molecule has 0 saturated carbocycles. The minimum absolute atomic E-state index is 0. The molecule has 14 heteroatoms. The Morgan fingerprint density at radius 1 is 0.758 bits per heavy atom. The van der Waals surface area contributed by atoms with E-state index < -0.39 is 86.1 Å². The molecular weight excluding hydrogens is 813 g/mol. The Morgan fingerprint density at radius 3 is 1.71 bits per heavy atom. The van der Waals surface area contributed by atoms with Crippen molar-refractivity contribution in [3.63, 3.8) is 0 Å². The van der Waals surface area contributed by atoms with Gasteiger partial charge in [-0.3, -0.25) is 8.98 Å². The average Bonchev–Trinajstić information content (AvgIpc) is 3.27. The number of unbranched alkanes of at least 4 members (excludes halogenated alkanes) is 25. The van der Waals surface area contributed by atoms with E-state index in [1.54, 1.807) is 6.08 Å². The highest BCUT2D eigenvalue weighted by Crippen LogP contribution is 2.26. The number of aliphatic hydroxyl groups is 4. The molecule has 62 heavy (non-hydrogen) atoms. The molecule has 1 fully saturated rings. The zero-order valence-electron chi connectivity index (χ0n) is 45.5. The molecule has 13 nitrogen and oxygen atoms in total. The molecule has 1 aliphatic heterocycles.